The van der Waals surface area contributed by atoms with Gasteiger partial charge in [0.1, 0.15) is 5.82 Å². The van der Waals surface area contributed by atoms with Crippen molar-refractivity contribution >= 4 is 38.3 Å². The van der Waals surface area contributed by atoms with Crippen molar-refractivity contribution in [2.24, 2.45) is 0 Å². The number of hydrogen-bond donors (Lipinski definition) is 3. The number of benzene rings is 3. The van der Waals surface area contributed by atoms with Gasteiger partial charge < -0.3 is 10.3 Å². The number of aromatic nitrogens is 2. The number of imidazole rings is 1. The van der Waals surface area contributed by atoms with Gasteiger partial charge in [-0.05, 0) is 73.9 Å². The molecule has 1 saturated carbocycles. The lowest BCUT2D eigenvalue weighted by atomic mass is 9.85. The zero-order valence-corrected chi connectivity index (χ0v) is 18.9. The van der Waals surface area contributed by atoms with Crippen molar-refractivity contribution in [3.05, 3.63) is 83.7 Å². The molecule has 4 aromatic rings. The number of nitrogens with one attached hydrogen (secondary N) is 3. The smallest absolute Gasteiger partial charge is 0.261 e. The van der Waals surface area contributed by atoms with E-state index in [1.165, 1.54) is 30.7 Å². The van der Waals surface area contributed by atoms with Crippen LogP contribution in [-0.4, -0.2) is 24.3 Å². The molecule has 0 bridgehead atoms. The van der Waals surface area contributed by atoms with Crippen molar-refractivity contribution in [2.75, 3.05) is 10.0 Å². The van der Waals surface area contributed by atoms with Crippen LogP contribution in [0.5, 0.6) is 0 Å². The summed E-state index contributed by atoms with van der Waals surface area (Å²) < 4.78 is 28.0. The van der Waals surface area contributed by atoms with Crippen LogP contribution in [0.15, 0.2) is 71.6 Å². The Morgan fingerprint density at radius 2 is 1.79 bits per heavy atom. The van der Waals surface area contributed by atoms with E-state index >= 15 is 0 Å². The molecular weight excluding hydrogens is 436 g/mol. The average molecular weight is 461 g/mol. The molecule has 1 heterocycles. The van der Waals surface area contributed by atoms with Gasteiger partial charge in [-0.3, -0.25) is 9.52 Å². The molecule has 0 atom stereocenters. The van der Waals surface area contributed by atoms with E-state index < -0.39 is 10.0 Å². The quantitative estimate of drug-likeness (QED) is 0.368. The molecular formula is C25H24N4O3S. The molecule has 0 radical (unpaired) electrons. The second-order valence-electron chi connectivity index (χ2n) is 8.38. The highest BCUT2D eigenvalue weighted by Gasteiger charge is 2.22. The number of para-hydroxylation sites is 1. The molecule has 0 saturated heterocycles. The van der Waals surface area contributed by atoms with Gasteiger partial charge in [-0.15, -0.1) is 0 Å². The van der Waals surface area contributed by atoms with Gasteiger partial charge in [0.2, 0.25) is 0 Å². The first-order chi connectivity index (χ1) is 15.9. The van der Waals surface area contributed by atoms with E-state index in [4.69, 9.17) is 0 Å². The Bertz CT molecular complexity index is 1440. The Labute approximate surface area is 192 Å². The topological polar surface area (TPSA) is 104 Å². The van der Waals surface area contributed by atoms with E-state index in [-0.39, 0.29) is 10.8 Å². The molecule has 3 N–H and O–H groups in total. The van der Waals surface area contributed by atoms with Gasteiger partial charge in [0.05, 0.1) is 21.6 Å². The summed E-state index contributed by atoms with van der Waals surface area (Å²) in [6, 6.07) is 18.6. The Morgan fingerprint density at radius 3 is 2.48 bits per heavy atom. The maximum Gasteiger partial charge on any atom is 0.261 e. The molecule has 1 aliphatic rings. The number of sulfonamides is 1. The third kappa shape index (κ3) is 4.34. The highest BCUT2D eigenvalue weighted by atomic mass is 32.2. The third-order valence-corrected chi connectivity index (χ3v) is 7.45. The molecule has 0 aliphatic heterocycles. The Morgan fingerprint density at radius 1 is 1.03 bits per heavy atom. The number of aromatic amines is 1. The summed E-state index contributed by atoms with van der Waals surface area (Å²) >= 11 is 0. The van der Waals surface area contributed by atoms with Crippen molar-refractivity contribution < 1.29 is 13.2 Å². The Balaban J connectivity index is 1.30. The van der Waals surface area contributed by atoms with Crippen LogP contribution in [0.3, 0.4) is 0 Å². The summed E-state index contributed by atoms with van der Waals surface area (Å²) in [6.07, 6.45) is 3.57. The Kier molecular flexibility index (Phi) is 5.38. The number of anilines is 2. The molecule has 33 heavy (non-hydrogen) atoms. The van der Waals surface area contributed by atoms with Gasteiger partial charge in [-0.2, -0.15) is 0 Å². The second-order valence-corrected chi connectivity index (χ2v) is 10.1. The first-order valence-electron chi connectivity index (χ1n) is 10.9. The lowest BCUT2D eigenvalue weighted by Crippen LogP contribution is -2.15. The maximum absolute atomic E-state index is 12.7. The van der Waals surface area contributed by atoms with Crippen molar-refractivity contribution in [3.63, 3.8) is 0 Å². The van der Waals surface area contributed by atoms with Crippen LogP contribution in [0.2, 0.25) is 0 Å². The highest BCUT2D eigenvalue weighted by molar-refractivity contribution is 7.92. The summed E-state index contributed by atoms with van der Waals surface area (Å²) in [7, 11) is -3.76. The van der Waals surface area contributed by atoms with Crippen molar-refractivity contribution in [2.45, 2.75) is 37.0 Å². The molecule has 1 aliphatic carbocycles. The fourth-order valence-electron chi connectivity index (χ4n) is 3.86. The molecule has 168 valence electrons. The fourth-order valence-corrected chi connectivity index (χ4v) is 4.99. The first kappa shape index (κ1) is 21.2. The molecule has 7 nitrogen and oxygen atoms in total. The number of carbonyl (C=O) groups excluding carboxylic acids is 1. The number of fused-ring (bicyclic) bond motifs is 1. The zero-order valence-electron chi connectivity index (χ0n) is 18.1. The maximum atomic E-state index is 12.7. The number of carbonyl (C=O) groups is 1. The minimum atomic E-state index is -3.76. The number of hydrogen-bond acceptors (Lipinski definition) is 4. The zero-order chi connectivity index (χ0) is 23.0. The van der Waals surface area contributed by atoms with E-state index in [9.17, 15) is 13.2 Å². The fraction of sp³-hybridized carbons (Fsp3) is 0.200. The minimum absolute atomic E-state index is 0.0877. The van der Waals surface area contributed by atoms with Gasteiger partial charge in [0.25, 0.3) is 15.9 Å². The minimum Gasteiger partial charge on any atom is -0.342 e. The standard InChI is InChI=1S/C25H24N4O3S/c1-16-5-2-3-8-21(16)29-33(31,32)20-12-9-18(10-13-20)25(30)26-19-11-14-22-23(15-19)28-24(27-22)17-6-4-7-17/h2-3,5,8-15,17,29H,4,6-7H2,1H3,(H,26,30)(H,27,28). The summed E-state index contributed by atoms with van der Waals surface area (Å²) in [6.45, 7) is 1.83. The second kappa shape index (κ2) is 8.37. The molecule has 3 aromatic carbocycles. The van der Waals surface area contributed by atoms with Crippen LogP contribution in [0.1, 0.15) is 46.9 Å². The summed E-state index contributed by atoms with van der Waals surface area (Å²) in [4.78, 5) is 20.8. The molecule has 5 rings (SSSR count). The highest BCUT2D eigenvalue weighted by Crippen LogP contribution is 2.35. The van der Waals surface area contributed by atoms with Crippen LogP contribution in [0, 0.1) is 6.92 Å². The van der Waals surface area contributed by atoms with E-state index in [2.05, 4.69) is 20.0 Å². The number of aryl methyl sites for hydroxylation is 1. The normalized spacial score (nSPS) is 14.1. The first-order valence-corrected chi connectivity index (χ1v) is 12.4. The number of nitrogens with zero attached hydrogens (tertiary/aromatic N) is 1. The lowest BCUT2D eigenvalue weighted by molar-refractivity contribution is 0.102. The molecule has 0 spiro atoms. The molecule has 0 unspecified atom stereocenters. The van der Waals surface area contributed by atoms with Crippen molar-refractivity contribution in [1.29, 1.82) is 0 Å². The predicted octanol–water partition coefficient (Wildman–Crippen LogP) is 5.19. The average Bonchev–Trinajstić information content (AvgIpc) is 3.16. The SMILES string of the molecule is Cc1ccccc1NS(=O)(=O)c1ccc(C(=O)Nc2ccc3nc(C4CCC4)[nH]c3c2)cc1. The molecule has 8 heteroatoms. The number of rotatable bonds is 6. The molecule has 1 amide bonds. The summed E-state index contributed by atoms with van der Waals surface area (Å²) in [5, 5.41) is 2.87. The van der Waals surface area contributed by atoms with Crippen molar-refractivity contribution in [1.82, 2.24) is 9.97 Å². The lowest BCUT2D eigenvalue weighted by Gasteiger charge is -2.22. The van der Waals surface area contributed by atoms with Crippen LogP contribution in [0.25, 0.3) is 11.0 Å². The summed E-state index contributed by atoms with van der Waals surface area (Å²) in [5.41, 5.74) is 4.13. The Hall–Kier alpha value is -3.65. The van der Waals surface area contributed by atoms with Crippen LogP contribution in [-0.2, 0) is 10.0 Å². The van der Waals surface area contributed by atoms with E-state index in [0.29, 0.717) is 22.9 Å². The van der Waals surface area contributed by atoms with Gasteiger partial charge in [0.15, 0.2) is 0 Å². The number of amides is 1. The predicted molar refractivity (Wildman–Crippen MR) is 129 cm³/mol. The van der Waals surface area contributed by atoms with Crippen molar-refractivity contribution in [3.8, 4) is 0 Å². The largest absolute Gasteiger partial charge is 0.342 e. The van der Waals surface area contributed by atoms with E-state index in [1.807, 2.05) is 37.3 Å². The number of H-pyrrole nitrogens is 1. The monoisotopic (exact) mass is 460 g/mol. The van der Waals surface area contributed by atoms with Crippen LogP contribution in [0.4, 0.5) is 11.4 Å². The van der Waals surface area contributed by atoms with Gasteiger partial charge in [0, 0.05) is 17.2 Å². The molecule has 1 aromatic heterocycles. The van der Waals surface area contributed by atoms with Crippen LogP contribution < -0.4 is 10.0 Å². The summed E-state index contributed by atoms with van der Waals surface area (Å²) in [5.74, 6) is 1.20. The van der Waals surface area contributed by atoms with Gasteiger partial charge in [-0.1, -0.05) is 24.6 Å². The van der Waals surface area contributed by atoms with Gasteiger partial charge >= 0.3 is 0 Å². The van der Waals surface area contributed by atoms with Gasteiger partial charge in [-0.25, -0.2) is 13.4 Å². The molecule has 1 fully saturated rings. The third-order valence-electron chi connectivity index (χ3n) is 6.07. The van der Waals surface area contributed by atoms with E-state index in [0.717, 1.165) is 35.3 Å². The van der Waals surface area contributed by atoms with Crippen LogP contribution >= 0.6 is 0 Å². The van der Waals surface area contributed by atoms with E-state index in [1.54, 1.807) is 12.1 Å².